The fourth-order valence-electron chi connectivity index (χ4n) is 5.69. The van der Waals surface area contributed by atoms with Crippen LogP contribution in [0.3, 0.4) is 0 Å². The molecule has 2 fully saturated rings. The van der Waals surface area contributed by atoms with Crippen molar-refractivity contribution >= 4 is 0 Å². The van der Waals surface area contributed by atoms with Crippen molar-refractivity contribution in [1.29, 1.82) is 0 Å². The quantitative estimate of drug-likeness (QED) is 0.435. The van der Waals surface area contributed by atoms with Crippen LogP contribution in [0.5, 0.6) is 0 Å². The van der Waals surface area contributed by atoms with E-state index in [9.17, 15) is 0 Å². The van der Waals surface area contributed by atoms with E-state index < -0.39 is 0 Å². The normalized spacial score (nSPS) is 26.3. The van der Waals surface area contributed by atoms with Crippen molar-refractivity contribution in [3.8, 4) is 0 Å². The van der Waals surface area contributed by atoms with Crippen molar-refractivity contribution in [2.75, 3.05) is 0 Å². The maximum atomic E-state index is 1.56. The first-order chi connectivity index (χ1) is 13.0. The molecule has 0 atom stereocenters. The Morgan fingerprint density at radius 2 is 0.346 bits per heavy atom. The van der Waals surface area contributed by atoms with Crippen LogP contribution in [0, 0.1) is 11.8 Å². The summed E-state index contributed by atoms with van der Waals surface area (Å²) in [4.78, 5) is 0. The number of hydrogen-bond acceptors (Lipinski definition) is 0. The van der Waals surface area contributed by atoms with Crippen molar-refractivity contribution < 1.29 is 0 Å². The van der Waals surface area contributed by atoms with Gasteiger partial charge in [-0.3, -0.25) is 0 Å². The lowest BCUT2D eigenvalue weighted by Crippen LogP contribution is -2.16. The third kappa shape index (κ3) is 11.0. The lowest BCUT2D eigenvalue weighted by molar-refractivity contribution is 0.237. The summed E-state index contributed by atoms with van der Waals surface area (Å²) in [5.41, 5.74) is 0. The summed E-state index contributed by atoms with van der Waals surface area (Å²) >= 11 is 0. The molecule has 0 bridgehead atoms. The minimum atomic E-state index is 1.07. The molecule has 0 nitrogen and oxygen atoms in total. The first-order valence-corrected chi connectivity index (χ1v) is 13.0. The summed E-state index contributed by atoms with van der Waals surface area (Å²) in [5.74, 6) is 2.14. The molecule has 2 aliphatic carbocycles. The molecular formula is C26H50. The van der Waals surface area contributed by atoms with Crippen LogP contribution in [0.15, 0.2) is 0 Å². The third-order valence-corrected chi connectivity index (χ3v) is 7.47. The molecule has 0 aromatic carbocycles. The Bertz CT molecular complexity index is 236. The Kier molecular flexibility index (Phi) is 13.7. The Hall–Kier alpha value is 0. The second kappa shape index (κ2) is 16.0. The SMILES string of the molecule is C1CCCCCCC(C2CCCCCCCCCCCC2)CCCCC1. The fourth-order valence-corrected chi connectivity index (χ4v) is 5.69. The summed E-state index contributed by atoms with van der Waals surface area (Å²) in [6, 6.07) is 0. The van der Waals surface area contributed by atoms with E-state index in [1.54, 1.807) is 25.7 Å². The second-order valence-electron chi connectivity index (χ2n) is 9.75. The summed E-state index contributed by atoms with van der Waals surface area (Å²) in [7, 11) is 0. The van der Waals surface area contributed by atoms with Crippen LogP contribution in [0.2, 0.25) is 0 Å². The monoisotopic (exact) mass is 362 g/mol. The van der Waals surface area contributed by atoms with E-state index in [-0.39, 0.29) is 0 Å². The van der Waals surface area contributed by atoms with Crippen LogP contribution in [-0.4, -0.2) is 0 Å². The molecule has 0 heteroatoms. The molecule has 154 valence electrons. The summed E-state index contributed by atoms with van der Waals surface area (Å²) in [6.07, 6.45) is 36.5. The molecule has 0 amide bonds. The first-order valence-electron chi connectivity index (χ1n) is 13.0. The van der Waals surface area contributed by atoms with Gasteiger partial charge >= 0.3 is 0 Å². The lowest BCUT2D eigenvalue weighted by Gasteiger charge is -2.28. The Labute approximate surface area is 166 Å². The fraction of sp³-hybridized carbons (Fsp3) is 1.00. The molecule has 0 spiro atoms. The Morgan fingerprint density at radius 1 is 0.192 bits per heavy atom. The average Bonchev–Trinajstić information content (AvgIpc) is 2.70. The topological polar surface area (TPSA) is 0 Å². The number of hydrogen-bond donors (Lipinski definition) is 0. The lowest BCUT2D eigenvalue weighted by atomic mass is 9.78. The highest BCUT2D eigenvalue weighted by Crippen LogP contribution is 2.34. The van der Waals surface area contributed by atoms with E-state index in [2.05, 4.69) is 0 Å². The van der Waals surface area contributed by atoms with Gasteiger partial charge in [0, 0.05) is 0 Å². The van der Waals surface area contributed by atoms with Crippen LogP contribution in [0.25, 0.3) is 0 Å². The maximum absolute atomic E-state index is 1.56. The molecule has 2 saturated carbocycles. The van der Waals surface area contributed by atoms with Crippen molar-refractivity contribution in [2.45, 2.75) is 154 Å². The zero-order valence-electron chi connectivity index (χ0n) is 18.1. The minimum absolute atomic E-state index is 1.07. The van der Waals surface area contributed by atoms with E-state index in [4.69, 9.17) is 0 Å². The van der Waals surface area contributed by atoms with Crippen molar-refractivity contribution in [2.24, 2.45) is 11.8 Å². The highest BCUT2D eigenvalue weighted by atomic mass is 14.3. The van der Waals surface area contributed by atoms with Gasteiger partial charge in [0.25, 0.3) is 0 Å². The van der Waals surface area contributed by atoms with Gasteiger partial charge in [-0.25, -0.2) is 0 Å². The summed E-state index contributed by atoms with van der Waals surface area (Å²) in [5, 5.41) is 0. The molecule has 26 heavy (non-hydrogen) atoms. The molecule has 0 heterocycles. The summed E-state index contributed by atoms with van der Waals surface area (Å²) < 4.78 is 0. The van der Waals surface area contributed by atoms with E-state index in [1.165, 1.54) is 128 Å². The van der Waals surface area contributed by atoms with Gasteiger partial charge in [0.2, 0.25) is 0 Å². The van der Waals surface area contributed by atoms with Crippen LogP contribution in [-0.2, 0) is 0 Å². The van der Waals surface area contributed by atoms with Gasteiger partial charge in [-0.2, -0.15) is 0 Å². The average molecular weight is 363 g/mol. The van der Waals surface area contributed by atoms with E-state index >= 15 is 0 Å². The highest BCUT2D eigenvalue weighted by Gasteiger charge is 2.20. The van der Waals surface area contributed by atoms with Gasteiger partial charge in [-0.15, -0.1) is 0 Å². The molecule has 0 aliphatic heterocycles. The van der Waals surface area contributed by atoms with E-state index in [1.807, 2.05) is 0 Å². The molecule has 0 aromatic rings. The van der Waals surface area contributed by atoms with Crippen molar-refractivity contribution in [3.63, 3.8) is 0 Å². The van der Waals surface area contributed by atoms with Crippen LogP contribution in [0.1, 0.15) is 154 Å². The van der Waals surface area contributed by atoms with Gasteiger partial charge in [-0.05, 0) is 11.8 Å². The van der Waals surface area contributed by atoms with E-state index in [0.717, 1.165) is 11.8 Å². The minimum Gasteiger partial charge on any atom is -0.0533 e. The van der Waals surface area contributed by atoms with Crippen molar-refractivity contribution in [3.05, 3.63) is 0 Å². The zero-order chi connectivity index (χ0) is 18.1. The van der Waals surface area contributed by atoms with Crippen molar-refractivity contribution in [1.82, 2.24) is 0 Å². The second-order valence-corrected chi connectivity index (χ2v) is 9.75. The largest absolute Gasteiger partial charge is 0.0533 e. The number of rotatable bonds is 1. The van der Waals surface area contributed by atoms with Gasteiger partial charge in [-0.1, -0.05) is 154 Å². The van der Waals surface area contributed by atoms with Crippen LogP contribution < -0.4 is 0 Å². The molecule has 0 radical (unpaired) electrons. The van der Waals surface area contributed by atoms with E-state index in [0.29, 0.717) is 0 Å². The predicted octanol–water partition coefficient (Wildman–Crippen LogP) is 9.61. The Balaban J connectivity index is 1.83. The zero-order valence-corrected chi connectivity index (χ0v) is 18.1. The molecule has 2 rings (SSSR count). The standard InChI is InChI=1S/C26H50/c1-2-6-10-14-18-22-25(21-17-13-9-5-1)26-23-19-15-11-7-3-4-8-12-16-20-24-26/h25-26H,1-24H2. The molecule has 2 aliphatic rings. The molecule has 0 N–H and O–H groups in total. The van der Waals surface area contributed by atoms with Gasteiger partial charge in [0.15, 0.2) is 0 Å². The predicted molar refractivity (Wildman–Crippen MR) is 118 cm³/mol. The molecule has 0 saturated heterocycles. The molecule has 0 aromatic heterocycles. The van der Waals surface area contributed by atoms with Crippen LogP contribution in [0.4, 0.5) is 0 Å². The molecule has 0 unspecified atom stereocenters. The molecular weight excluding hydrogens is 312 g/mol. The van der Waals surface area contributed by atoms with Gasteiger partial charge in [0.05, 0.1) is 0 Å². The highest BCUT2D eigenvalue weighted by molar-refractivity contribution is 4.72. The Morgan fingerprint density at radius 3 is 0.538 bits per heavy atom. The summed E-state index contributed by atoms with van der Waals surface area (Å²) in [6.45, 7) is 0. The first kappa shape index (κ1) is 22.3. The van der Waals surface area contributed by atoms with Gasteiger partial charge in [0.1, 0.15) is 0 Å². The van der Waals surface area contributed by atoms with Crippen LogP contribution >= 0.6 is 0 Å². The maximum Gasteiger partial charge on any atom is -0.0386 e. The smallest absolute Gasteiger partial charge is 0.0386 e. The third-order valence-electron chi connectivity index (χ3n) is 7.47. The van der Waals surface area contributed by atoms with Gasteiger partial charge < -0.3 is 0 Å².